The molecular weight excluding hydrogens is 380 g/mol. The van der Waals surface area contributed by atoms with Crippen molar-refractivity contribution in [3.05, 3.63) is 118 Å². The van der Waals surface area contributed by atoms with Gasteiger partial charge in [-0.2, -0.15) is 10.5 Å². The van der Waals surface area contributed by atoms with E-state index in [0.717, 1.165) is 17.5 Å². The molecule has 0 bridgehead atoms. The molecule has 3 rings (SSSR count). The molecule has 3 nitrogen and oxygen atoms in total. The lowest BCUT2D eigenvalue weighted by Gasteiger charge is -2.14. The fourth-order valence-electron chi connectivity index (χ4n) is 3.22. The van der Waals surface area contributed by atoms with Crippen molar-refractivity contribution in [2.75, 3.05) is 0 Å². The van der Waals surface area contributed by atoms with Gasteiger partial charge in [-0.05, 0) is 53.3 Å². The van der Waals surface area contributed by atoms with Crippen LogP contribution in [0, 0.1) is 28.6 Å². The van der Waals surface area contributed by atoms with E-state index in [1.165, 1.54) is 5.56 Å². The predicted octanol–water partition coefficient (Wildman–Crippen LogP) is 6.75. The first-order valence-corrected chi connectivity index (χ1v) is 10.2. The molecule has 0 aromatic heterocycles. The van der Waals surface area contributed by atoms with E-state index in [4.69, 9.17) is 4.74 Å². The quantitative estimate of drug-likeness (QED) is 0.500. The van der Waals surface area contributed by atoms with Crippen molar-refractivity contribution < 1.29 is 4.74 Å². The van der Waals surface area contributed by atoms with Gasteiger partial charge < -0.3 is 4.74 Å². The predicted molar refractivity (Wildman–Crippen MR) is 125 cm³/mol. The Bertz CT molecular complexity index is 1150. The second kappa shape index (κ2) is 10.6. The molecule has 1 aliphatic rings. The Kier molecular flexibility index (Phi) is 7.41. The van der Waals surface area contributed by atoms with Gasteiger partial charge in [-0.1, -0.05) is 80.6 Å². The molecule has 0 atom stereocenters. The highest BCUT2D eigenvalue weighted by molar-refractivity contribution is 5.60. The molecule has 2 aromatic carbocycles. The van der Waals surface area contributed by atoms with Crippen molar-refractivity contribution in [1.29, 1.82) is 10.5 Å². The Labute approximate surface area is 184 Å². The lowest BCUT2D eigenvalue weighted by Crippen LogP contribution is -1.98. The van der Waals surface area contributed by atoms with Crippen LogP contribution < -0.4 is 0 Å². The number of nitrogens with zero attached hydrogens (tertiary/aromatic N) is 2. The molecule has 1 aliphatic heterocycles. The van der Waals surface area contributed by atoms with E-state index in [2.05, 4.69) is 32.0 Å². The molecule has 0 amide bonds. The van der Waals surface area contributed by atoms with Crippen molar-refractivity contribution in [3.63, 3.8) is 0 Å². The van der Waals surface area contributed by atoms with Gasteiger partial charge in [0, 0.05) is 5.57 Å². The van der Waals surface area contributed by atoms with E-state index < -0.39 is 0 Å². The van der Waals surface area contributed by atoms with Crippen LogP contribution >= 0.6 is 0 Å². The molecule has 3 heteroatoms. The van der Waals surface area contributed by atoms with Crippen LogP contribution in [-0.2, 0) is 11.2 Å². The van der Waals surface area contributed by atoms with Crippen LogP contribution in [0.5, 0.6) is 0 Å². The van der Waals surface area contributed by atoms with Crippen molar-refractivity contribution in [1.82, 2.24) is 0 Å². The first-order valence-electron chi connectivity index (χ1n) is 10.2. The van der Waals surface area contributed by atoms with Crippen molar-refractivity contribution >= 4 is 12.2 Å². The molecule has 0 N–H and O–H groups in total. The third kappa shape index (κ3) is 6.46. The number of hydrogen-bond donors (Lipinski definition) is 0. The standard InChI is InChI=1S/C28H24N2O/c1-21(2)15-24-10-6-9-23(16-24)12-14-28-18-25(26(19-29)20-30)17-27(31-28)13-11-22-7-4-3-5-8-22/h3-14,16-18,21H,15H2,1-2H3/b13-11+,14-12+. The molecule has 0 unspecified atom stereocenters. The monoisotopic (exact) mass is 404 g/mol. The zero-order valence-electron chi connectivity index (χ0n) is 17.7. The van der Waals surface area contributed by atoms with Crippen molar-refractivity contribution in [2.24, 2.45) is 5.92 Å². The minimum absolute atomic E-state index is 0.0544. The molecule has 152 valence electrons. The summed E-state index contributed by atoms with van der Waals surface area (Å²) < 4.78 is 5.99. The van der Waals surface area contributed by atoms with Gasteiger partial charge in [0.05, 0.1) is 0 Å². The summed E-state index contributed by atoms with van der Waals surface area (Å²) in [6.45, 7) is 4.41. The fourth-order valence-corrected chi connectivity index (χ4v) is 3.22. The average molecular weight is 405 g/mol. The van der Waals surface area contributed by atoms with E-state index in [1.54, 1.807) is 12.2 Å². The molecule has 0 radical (unpaired) electrons. The van der Waals surface area contributed by atoms with Crippen molar-refractivity contribution in [3.8, 4) is 12.1 Å². The minimum Gasteiger partial charge on any atom is -0.457 e. The number of allylic oxidation sites excluding steroid dienone is 6. The molecule has 31 heavy (non-hydrogen) atoms. The maximum Gasteiger partial charge on any atom is 0.137 e. The first-order chi connectivity index (χ1) is 15.1. The normalized spacial score (nSPS) is 13.5. The summed E-state index contributed by atoms with van der Waals surface area (Å²) in [5.41, 5.74) is 3.99. The number of hydrogen-bond acceptors (Lipinski definition) is 3. The van der Waals surface area contributed by atoms with Crippen LogP contribution in [0.2, 0.25) is 0 Å². The Morgan fingerprint density at radius 1 is 0.839 bits per heavy atom. The maximum absolute atomic E-state index is 9.30. The van der Waals surface area contributed by atoms with Gasteiger partial charge in [-0.25, -0.2) is 0 Å². The highest BCUT2D eigenvalue weighted by Gasteiger charge is 2.12. The van der Waals surface area contributed by atoms with E-state index >= 15 is 0 Å². The average Bonchev–Trinajstić information content (AvgIpc) is 2.78. The van der Waals surface area contributed by atoms with Crippen LogP contribution in [0.1, 0.15) is 30.5 Å². The van der Waals surface area contributed by atoms with Gasteiger partial charge >= 0.3 is 0 Å². The molecule has 0 saturated carbocycles. The lowest BCUT2D eigenvalue weighted by molar-refractivity contribution is 0.332. The number of benzene rings is 2. The number of rotatable bonds is 6. The SMILES string of the molecule is CC(C)Cc1cccc(/C=C/C2=CC(=C(C#N)C#N)C=C(/C=C/c3ccccc3)O2)c1. The van der Waals surface area contributed by atoms with Crippen LogP contribution in [-0.4, -0.2) is 0 Å². The molecule has 0 saturated heterocycles. The highest BCUT2D eigenvalue weighted by atomic mass is 16.5. The van der Waals surface area contributed by atoms with Crippen LogP contribution in [0.25, 0.3) is 12.2 Å². The van der Waals surface area contributed by atoms with E-state index in [0.29, 0.717) is 23.0 Å². The zero-order valence-corrected chi connectivity index (χ0v) is 17.7. The molecule has 2 aromatic rings. The Morgan fingerprint density at radius 3 is 2.06 bits per heavy atom. The maximum atomic E-state index is 9.30. The number of nitriles is 2. The topological polar surface area (TPSA) is 56.8 Å². The molecular formula is C28H24N2O. The van der Waals surface area contributed by atoms with E-state index in [-0.39, 0.29) is 5.57 Å². The van der Waals surface area contributed by atoms with Crippen LogP contribution in [0.3, 0.4) is 0 Å². The summed E-state index contributed by atoms with van der Waals surface area (Å²) in [5.74, 6) is 1.73. The van der Waals surface area contributed by atoms with E-state index in [1.807, 2.05) is 72.8 Å². The van der Waals surface area contributed by atoms with Gasteiger partial charge in [0.15, 0.2) is 0 Å². The summed E-state index contributed by atoms with van der Waals surface area (Å²) in [7, 11) is 0. The molecule has 0 fully saturated rings. The van der Waals surface area contributed by atoms with Crippen LogP contribution in [0.15, 0.2) is 102 Å². The van der Waals surface area contributed by atoms with Crippen LogP contribution in [0.4, 0.5) is 0 Å². The first kappa shape index (κ1) is 21.6. The summed E-state index contributed by atoms with van der Waals surface area (Å²) >= 11 is 0. The second-order valence-corrected chi connectivity index (χ2v) is 7.67. The van der Waals surface area contributed by atoms with Gasteiger partial charge in [0.1, 0.15) is 29.2 Å². The van der Waals surface area contributed by atoms with E-state index in [9.17, 15) is 10.5 Å². The fraction of sp³-hybridized carbons (Fsp3) is 0.143. The van der Waals surface area contributed by atoms with Crippen molar-refractivity contribution in [2.45, 2.75) is 20.3 Å². The highest BCUT2D eigenvalue weighted by Crippen LogP contribution is 2.24. The summed E-state index contributed by atoms with van der Waals surface area (Å²) in [5, 5.41) is 18.6. The summed E-state index contributed by atoms with van der Waals surface area (Å²) in [6, 6.07) is 22.2. The summed E-state index contributed by atoms with van der Waals surface area (Å²) in [6.07, 6.45) is 12.1. The lowest BCUT2D eigenvalue weighted by atomic mass is 10.0. The van der Waals surface area contributed by atoms with Gasteiger partial charge in [-0.15, -0.1) is 0 Å². The Morgan fingerprint density at radius 2 is 1.45 bits per heavy atom. The summed E-state index contributed by atoms with van der Waals surface area (Å²) in [4.78, 5) is 0. The molecule has 0 spiro atoms. The Hall–Kier alpha value is -4.08. The second-order valence-electron chi connectivity index (χ2n) is 7.67. The van der Waals surface area contributed by atoms with Gasteiger partial charge in [0.25, 0.3) is 0 Å². The third-order valence-electron chi connectivity index (χ3n) is 4.62. The number of ether oxygens (including phenoxy) is 1. The molecule has 1 heterocycles. The smallest absolute Gasteiger partial charge is 0.137 e. The van der Waals surface area contributed by atoms with Gasteiger partial charge in [-0.3, -0.25) is 0 Å². The molecule has 0 aliphatic carbocycles. The Balaban J connectivity index is 1.87. The third-order valence-corrected chi connectivity index (χ3v) is 4.62. The minimum atomic E-state index is 0.0544. The zero-order chi connectivity index (χ0) is 22.1. The largest absolute Gasteiger partial charge is 0.457 e. The van der Waals surface area contributed by atoms with Gasteiger partial charge in [0.2, 0.25) is 0 Å².